The highest BCUT2D eigenvalue weighted by atomic mass is 79.9. The van der Waals surface area contributed by atoms with Crippen molar-refractivity contribution in [3.05, 3.63) is 57.7 Å². The average Bonchev–Trinajstić information content (AvgIpc) is 2.40. The SMILES string of the molecule is Fc1cc(C(F)F)ccc1COc1nc(Br)ccc1F. The summed E-state index contributed by atoms with van der Waals surface area (Å²) in [5, 5.41) is 0. The molecule has 2 nitrogen and oxygen atoms in total. The third kappa shape index (κ3) is 3.47. The minimum absolute atomic E-state index is 0.0376. The summed E-state index contributed by atoms with van der Waals surface area (Å²) in [6.45, 7) is -0.310. The van der Waals surface area contributed by atoms with Gasteiger partial charge in [0.2, 0.25) is 0 Å². The van der Waals surface area contributed by atoms with Gasteiger partial charge in [-0.2, -0.15) is 0 Å². The normalized spacial score (nSPS) is 10.9. The van der Waals surface area contributed by atoms with E-state index in [1.54, 1.807) is 0 Å². The topological polar surface area (TPSA) is 22.1 Å². The van der Waals surface area contributed by atoms with Crippen LogP contribution < -0.4 is 4.74 Å². The lowest BCUT2D eigenvalue weighted by Crippen LogP contribution is -2.02. The molecule has 0 N–H and O–H groups in total. The molecule has 0 saturated heterocycles. The molecule has 1 aromatic carbocycles. The second kappa shape index (κ2) is 6.21. The van der Waals surface area contributed by atoms with E-state index in [4.69, 9.17) is 4.74 Å². The molecule has 0 spiro atoms. The monoisotopic (exact) mass is 349 g/mol. The Morgan fingerprint density at radius 3 is 2.50 bits per heavy atom. The van der Waals surface area contributed by atoms with Gasteiger partial charge in [0.25, 0.3) is 12.3 Å². The Labute approximate surface area is 120 Å². The predicted octanol–water partition coefficient (Wildman–Crippen LogP) is 4.64. The third-order valence-corrected chi connectivity index (χ3v) is 2.91. The van der Waals surface area contributed by atoms with Gasteiger partial charge in [-0.3, -0.25) is 0 Å². The molecule has 0 radical (unpaired) electrons. The highest BCUT2D eigenvalue weighted by Crippen LogP contribution is 2.23. The fourth-order valence-electron chi connectivity index (χ4n) is 1.46. The van der Waals surface area contributed by atoms with Crippen molar-refractivity contribution < 1.29 is 22.3 Å². The zero-order valence-electron chi connectivity index (χ0n) is 9.92. The third-order valence-electron chi connectivity index (χ3n) is 2.47. The van der Waals surface area contributed by atoms with Crippen LogP contribution in [0.25, 0.3) is 0 Å². The molecule has 7 heteroatoms. The maximum absolute atomic E-state index is 13.6. The summed E-state index contributed by atoms with van der Waals surface area (Å²) >= 11 is 3.05. The number of alkyl halides is 2. The number of hydrogen-bond donors (Lipinski definition) is 0. The van der Waals surface area contributed by atoms with E-state index in [9.17, 15) is 17.6 Å². The molecule has 2 aromatic rings. The van der Waals surface area contributed by atoms with Crippen molar-refractivity contribution in [2.45, 2.75) is 13.0 Å². The minimum Gasteiger partial charge on any atom is -0.471 e. The lowest BCUT2D eigenvalue weighted by molar-refractivity contribution is 0.150. The summed E-state index contributed by atoms with van der Waals surface area (Å²) in [4.78, 5) is 3.74. The molecule has 0 saturated carbocycles. The van der Waals surface area contributed by atoms with Crippen molar-refractivity contribution in [2.24, 2.45) is 0 Å². The van der Waals surface area contributed by atoms with E-state index in [-0.39, 0.29) is 18.1 Å². The maximum atomic E-state index is 13.6. The second-order valence-corrected chi connectivity index (χ2v) is 4.67. The van der Waals surface area contributed by atoms with Crippen molar-refractivity contribution in [3.8, 4) is 5.88 Å². The van der Waals surface area contributed by atoms with Crippen molar-refractivity contribution in [2.75, 3.05) is 0 Å². The van der Waals surface area contributed by atoms with Gasteiger partial charge in [0.1, 0.15) is 17.0 Å². The Morgan fingerprint density at radius 2 is 1.85 bits per heavy atom. The van der Waals surface area contributed by atoms with Crippen LogP contribution in [-0.4, -0.2) is 4.98 Å². The van der Waals surface area contributed by atoms with E-state index in [0.717, 1.165) is 18.2 Å². The smallest absolute Gasteiger partial charge is 0.263 e. The number of rotatable bonds is 4. The largest absolute Gasteiger partial charge is 0.471 e. The first-order chi connectivity index (χ1) is 9.47. The number of aromatic nitrogens is 1. The molecule has 0 aliphatic rings. The van der Waals surface area contributed by atoms with Crippen molar-refractivity contribution in [3.63, 3.8) is 0 Å². The molecule has 0 aliphatic carbocycles. The van der Waals surface area contributed by atoms with Crippen LogP contribution in [0.3, 0.4) is 0 Å². The first-order valence-electron chi connectivity index (χ1n) is 5.48. The zero-order valence-corrected chi connectivity index (χ0v) is 11.5. The van der Waals surface area contributed by atoms with Crippen LogP contribution >= 0.6 is 15.9 Å². The molecular formula is C13H8BrF4NO. The van der Waals surface area contributed by atoms with Crippen LogP contribution in [0.1, 0.15) is 17.6 Å². The molecular weight excluding hydrogens is 342 g/mol. The molecule has 2 rings (SSSR count). The number of hydrogen-bond acceptors (Lipinski definition) is 2. The van der Waals surface area contributed by atoms with Crippen LogP contribution in [0.5, 0.6) is 5.88 Å². The fourth-order valence-corrected chi connectivity index (χ4v) is 1.76. The van der Waals surface area contributed by atoms with Gasteiger partial charge in [-0.15, -0.1) is 0 Å². The summed E-state index contributed by atoms with van der Waals surface area (Å²) in [7, 11) is 0. The maximum Gasteiger partial charge on any atom is 0.263 e. The van der Waals surface area contributed by atoms with Crippen molar-refractivity contribution in [1.82, 2.24) is 4.98 Å². The standard InChI is InChI=1S/C13H8BrF4NO/c14-11-4-3-9(15)13(19-11)20-6-8-2-1-7(12(17)18)5-10(8)16/h1-5,12H,6H2. The van der Waals surface area contributed by atoms with Crippen LogP contribution in [0, 0.1) is 11.6 Å². The Morgan fingerprint density at radius 1 is 1.10 bits per heavy atom. The van der Waals surface area contributed by atoms with Gasteiger partial charge >= 0.3 is 0 Å². The van der Waals surface area contributed by atoms with E-state index in [0.29, 0.717) is 4.60 Å². The number of halogens is 5. The van der Waals surface area contributed by atoms with Crippen molar-refractivity contribution in [1.29, 1.82) is 0 Å². The number of benzene rings is 1. The van der Waals surface area contributed by atoms with E-state index in [2.05, 4.69) is 20.9 Å². The van der Waals surface area contributed by atoms with Gasteiger partial charge in [0, 0.05) is 11.1 Å². The summed E-state index contributed by atoms with van der Waals surface area (Å²) in [6, 6.07) is 5.53. The van der Waals surface area contributed by atoms with Gasteiger partial charge in [-0.1, -0.05) is 12.1 Å². The highest BCUT2D eigenvalue weighted by Gasteiger charge is 2.12. The molecule has 20 heavy (non-hydrogen) atoms. The number of ether oxygens (including phenoxy) is 1. The summed E-state index contributed by atoms with van der Waals surface area (Å²) in [5.41, 5.74) is -0.381. The molecule has 106 valence electrons. The first-order valence-corrected chi connectivity index (χ1v) is 6.28. The van der Waals surface area contributed by atoms with Crippen LogP contribution in [0.4, 0.5) is 17.6 Å². The number of pyridine rings is 1. The summed E-state index contributed by atoms with van der Waals surface area (Å²) < 4.78 is 57.0. The Balaban J connectivity index is 2.13. The quantitative estimate of drug-likeness (QED) is 0.592. The first kappa shape index (κ1) is 14.8. The Bertz CT molecular complexity index is 621. The zero-order chi connectivity index (χ0) is 14.7. The molecule has 0 aliphatic heterocycles. The molecule has 1 aromatic heterocycles. The van der Waals surface area contributed by atoms with E-state index in [1.807, 2.05) is 0 Å². The van der Waals surface area contributed by atoms with Gasteiger partial charge in [-0.25, -0.2) is 22.5 Å². The Hall–Kier alpha value is -1.63. The van der Waals surface area contributed by atoms with E-state index >= 15 is 0 Å². The molecule has 0 fully saturated rings. The molecule has 1 heterocycles. The van der Waals surface area contributed by atoms with Gasteiger partial charge in [-0.05, 0) is 34.1 Å². The number of nitrogens with zero attached hydrogens (tertiary/aromatic N) is 1. The molecule has 0 atom stereocenters. The minimum atomic E-state index is -2.75. The average molecular weight is 350 g/mol. The van der Waals surface area contributed by atoms with Gasteiger partial charge in [0.15, 0.2) is 5.82 Å². The van der Waals surface area contributed by atoms with Gasteiger partial charge < -0.3 is 4.74 Å². The Kier molecular flexibility index (Phi) is 4.59. The van der Waals surface area contributed by atoms with Crippen LogP contribution in [0.2, 0.25) is 0 Å². The fraction of sp³-hybridized carbons (Fsp3) is 0.154. The van der Waals surface area contributed by atoms with Crippen LogP contribution in [0.15, 0.2) is 34.9 Å². The highest BCUT2D eigenvalue weighted by molar-refractivity contribution is 9.10. The summed E-state index contributed by atoms with van der Waals surface area (Å²) in [5.74, 6) is -1.83. The predicted molar refractivity (Wildman–Crippen MR) is 67.6 cm³/mol. The van der Waals surface area contributed by atoms with Crippen molar-refractivity contribution >= 4 is 15.9 Å². The molecule has 0 amide bonds. The lowest BCUT2D eigenvalue weighted by atomic mass is 10.1. The van der Waals surface area contributed by atoms with E-state index < -0.39 is 23.6 Å². The molecule has 0 unspecified atom stereocenters. The van der Waals surface area contributed by atoms with E-state index in [1.165, 1.54) is 12.1 Å². The summed E-state index contributed by atoms with van der Waals surface area (Å²) in [6.07, 6.45) is -2.75. The second-order valence-electron chi connectivity index (χ2n) is 3.86. The lowest BCUT2D eigenvalue weighted by Gasteiger charge is -2.08. The van der Waals surface area contributed by atoms with Gasteiger partial charge in [0.05, 0.1) is 0 Å². The molecule has 0 bridgehead atoms. The van der Waals surface area contributed by atoms with Crippen LogP contribution in [-0.2, 0) is 6.61 Å².